The van der Waals surface area contributed by atoms with E-state index in [-0.39, 0.29) is 18.1 Å². The van der Waals surface area contributed by atoms with Gasteiger partial charge in [-0.25, -0.2) is 0 Å². The second-order valence-corrected chi connectivity index (χ2v) is 6.96. The normalized spacial score (nSPS) is 19.2. The van der Waals surface area contributed by atoms with Gasteiger partial charge in [-0.2, -0.15) is 0 Å². The number of carbonyl (C=O) groups excluding carboxylic acids is 1. The molecule has 0 aliphatic carbocycles. The van der Waals surface area contributed by atoms with Crippen LogP contribution in [0.15, 0.2) is 42.5 Å². The van der Waals surface area contributed by atoms with E-state index >= 15 is 0 Å². The predicted octanol–water partition coefficient (Wildman–Crippen LogP) is 3.96. The summed E-state index contributed by atoms with van der Waals surface area (Å²) in [6.07, 6.45) is 0.412. The fraction of sp³-hybridized carbons (Fsp3) is 0.409. The van der Waals surface area contributed by atoms with Crippen LogP contribution in [0, 0.1) is 0 Å². The lowest BCUT2D eigenvalue weighted by Crippen LogP contribution is -2.45. The van der Waals surface area contributed by atoms with E-state index in [4.69, 9.17) is 14.2 Å². The summed E-state index contributed by atoms with van der Waals surface area (Å²) in [7, 11) is 1.58. The van der Waals surface area contributed by atoms with Gasteiger partial charge in [0.25, 0.3) is 5.91 Å². The van der Waals surface area contributed by atoms with Crippen LogP contribution in [0.25, 0.3) is 0 Å². The molecular formula is C22H28N2O4. The molecule has 1 aliphatic heterocycles. The number of anilines is 2. The Morgan fingerprint density at radius 3 is 2.39 bits per heavy atom. The minimum absolute atomic E-state index is 0.190. The molecule has 2 atom stereocenters. The molecular weight excluding hydrogens is 356 g/mol. The zero-order valence-corrected chi connectivity index (χ0v) is 16.9. The first-order valence-electron chi connectivity index (χ1n) is 9.62. The molecule has 1 N–H and O–H groups in total. The molecule has 6 nitrogen and oxygen atoms in total. The maximum absolute atomic E-state index is 12.6. The van der Waals surface area contributed by atoms with Gasteiger partial charge < -0.3 is 24.4 Å². The van der Waals surface area contributed by atoms with Crippen LogP contribution in [0.4, 0.5) is 11.4 Å². The summed E-state index contributed by atoms with van der Waals surface area (Å²) in [6, 6.07) is 13.1. The second-order valence-electron chi connectivity index (χ2n) is 6.96. The third kappa shape index (κ3) is 4.75. The topological polar surface area (TPSA) is 60.0 Å². The highest BCUT2D eigenvalue weighted by Gasteiger charge is 2.22. The fourth-order valence-corrected chi connectivity index (χ4v) is 3.43. The van der Waals surface area contributed by atoms with Crippen LogP contribution in [0.3, 0.4) is 0 Å². The van der Waals surface area contributed by atoms with Crippen molar-refractivity contribution in [3.8, 4) is 11.5 Å². The van der Waals surface area contributed by atoms with Crippen LogP contribution in [0.2, 0.25) is 0 Å². The van der Waals surface area contributed by atoms with Crippen LogP contribution in [0.1, 0.15) is 31.1 Å². The summed E-state index contributed by atoms with van der Waals surface area (Å²) in [5, 5.41) is 2.93. The molecule has 1 amide bonds. The minimum atomic E-state index is -0.190. The van der Waals surface area contributed by atoms with Crippen LogP contribution in [0.5, 0.6) is 11.5 Å². The average Bonchev–Trinajstić information content (AvgIpc) is 2.68. The molecule has 2 aromatic rings. The lowest BCUT2D eigenvalue weighted by atomic mass is 10.1. The standard InChI is InChI=1S/C22H28N2O4/c1-5-27-21-12-17(6-11-20(21)26-4)22(25)23-18-7-9-19(10-8-18)24-13-15(2)28-16(3)14-24/h6-12,15-16H,5,13-14H2,1-4H3,(H,23,25). The number of ether oxygens (including phenoxy) is 3. The van der Waals surface area contributed by atoms with E-state index in [0.29, 0.717) is 23.7 Å². The third-order valence-corrected chi connectivity index (χ3v) is 4.64. The van der Waals surface area contributed by atoms with E-state index in [2.05, 4.69) is 24.1 Å². The highest BCUT2D eigenvalue weighted by molar-refractivity contribution is 6.04. The molecule has 2 aromatic carbocycles. The average molecular weight is 384 g/mol. The molecule has 1 fully saturated rings. The smallest absolute Gasteiger partial charge is 0.255 e. The van der Waals surface area contributed by atoms with Crippen LogP contribution < -0.4 is 19.7 Å². The van der Waals surface area contributed by atoms with Crippen LogP contribution in [-0.2, 0) is 4.74 Å². The number of methoxy groups -OCH3 is 1. The molecule has 1 aliphatic rings. The van der Waals surface area contributed by atoms with Gasteiger partial charge in [0, 0.05) is 30.0 Å². The largest absolute Gasteiger partial charge is 0.493 e. The van der Waals surface area contributed by atoms with Gasteiger partial charge in [-0.15, -0.1) is 0 Å². The quantitative estimate of drug-likeness (QED) is 0.817. The Morgan fingerprint density at radius 1 is 1.11 bits per heavy atom. The summed E-state index contributed by atoms with van der Waals surface area (Å²) in [5.41, 5.74) is 2.39. The molecule has 0 spiro atoms. The second kappa shape index (κ2) is 8.97. The lowest BCUT2D eigenvalue weighted by molar-refractivity contribution is -0.00521. The SMILES string of the molecule is CCOc1cc(C(=O)Nc2ccc(N3CC(C)OC(C)C3)cc2)ccc1OC. The van der Waals surface area contributed by atoms with Crippen molar-refractivity contribution in [3.63, 3.8) is 0 Å². The summed E-state index contributed by atoms with van der Waals surface area (Å²) in [4.78, 5) is 14.9. The zero-order valence-electron chi connectivity index (χ0n) is 16.9. The molecule has 1 heterocycles. The molecule has 2 unspecified atom stereocenters. The van der Waals surface area contributed by atoms with Crippen LogP contribution >= 0.6 is 0 Å². The number of morpholine rings is 1. The Kier molecular flexibility index (Phi) is 6.41. The summed E-state index contributed by atoms with van der Waals surface area (Å²) >= 11 is 0. The number of hydrogen-bond acceptors (Lipinski definition) is 5. The molecule has 0 radical (unpaired) electrons. The highest BCUT2D eigenvalue weighted by atomic mass is 16.5. The Hall–Kier alpha value is -2.73. The van der Waals surface area contributed by atoms with Crippen molar-refractivity contribution < 1.29 is 19.0 Å². The van der Waals surface area contributed by atoms with E-state index in [0.717, 1.165) is 24.5 Å². The Balaban J connectivity index is 1.68. The van der Waals surface area contributed by atoms with Gasteiger partial charge in [-0.05, 0) is 63.2 Å². The fourth-order valence-electron chi connectivity index (χ4n) is 3.43. The van der Waals surface area contributed by atoms with E-state index < -0.39 is 0 Å². The first-order valence-corrected chi connectivity index (χ1v) is 9.62. The van der Waals surface area contributed by atoms with E-state index in [1.807, 2.05) is 31.2 Å². The maximum atomic E-state index is 12.6. The van der Waals surface area contributed by atoms with Crippen molar-refractivity contribution in [2.75, 3.05) is 37.0 Å². The molecule has 0 aromatic heterocycles. The summed E-state index contributed by atoms with van der Waals surface area (Å²) in [6.45, 7) is 8.29. The lowest BCUT2D eigenvalue weighted by Gasteiger charge is -2.36. The first-order chi connectivity index (χ1) is 13.5. The summed E-state index contributed by atoms with van der Waals surface area (Å²) < 4.78 is 16.6. The van der Waals surface area contributed by atoms with Crippen molar-refractivity contribution in [2.45, 2.75) is 33.0 Å². The first kappa shape index (κ1) is 20.0. The zero-order chi connectivity index (χ0) is 20.1. The van der Waals surface area contributed by atoms with Gasteiger partial charge in [-0.1, -0.05) is 0 Å². The van der Waals surface area contributed by atoms with E-state index in [1.165, 1.54) is 0 Å². The van der Waals surface area contributed by atoms with Crippen molar-refractivity contribution in [1.29, 1.82) is 0 Å². The number of nitrogens with one attached hydrogen (secondary N) is 1. The molecule has 6 heteroatoms. The maximum Gasteiger partial charge on any atom is 0.255 e. The van der Waals surface area contributed by atoms with Crippen molar-refractivity contribution in [2.24, 2.45) is 0 Å². The number of rotatable bonds is 6. The molecule has 3 rings (SSSR count). The van der Waals surface area contributed by atoms with Crippen molar-refractivity contribution >= 4 is 17.3 Å². The van der Waals surface area contributed by atoms with Crippen molar-refractivity contribution in [1.82, 2.24) is 0 Å². The third-order valence-electron chi connectivity index (χ3n) is 4.64. The van der Waals surface area contributed by atoms with Gasteiger partial charge in [0.1, 0.15) is 0 Å². The number of amides is 1. The number of hydrogen-bond donors (Lipinski definition) is 1. The molecule has 28 heavy (non-hydrogen) atoms. The number of benzene rings is 2. The summed E-state index contributed by atoms with van der Waals surface area (Å²) in [5.74, 6) is 0.977. The monoisotopic (exact) mass is 384 g/mol. The van der Waals surface area contributed by atoms with Gasteiger partial charge in [0.2, 0.25) is 0 Å². The van der Waals surface area contributed by atoms with Gasteiger partial charge in [-0.3, -0.25) is 4.79 Å². The van der Waals surface area contributed by atoms with Gasteiger partial charge in [0.15, 0.2) is 11.5 Å². The van der Waals surface area contributed by atoms with Gasteiger partial charge in [0.05, 0.1) is 25.9 Å². The van der Waals surface area contributed by atoms with Crippen molar-refractivity contribution in [3.05, 3.63) is 48.0 Å². The minimum Gasteiger partial charge on any atom is -0.493 e. The van der Waals surface area contributed by atoms with Crippen LogP contribution in [-0.4, -0.2) is 44.9 Å². The Labute approximate surface area is 166 Å². The Bertz CT molecular complexity index is 797. The Morgan fingerprint density at radius 2 is 1.79 bits per heavy atom. The molecule has 0 saturated carbocycles. The molecule has 1 saturated heterocycles. The van der Waals surface area contributed by atoms with E-state index in [1.54, 1.807) is 25.3 Å². The highest BCUT2D eigenvalue weighted by Crippen LogP contribution is 2.28. The molecule has 150 valence electrons. The number of carbonyl (C=O) groups is 1. The number of nitrogens with zero attached hydrogens (tertiary/aromatic N) is 1. The predicted molar refractivity (Wildman–Crippen MR) is 111 cm³/mol. The van der Waals surface area contributed by atoms with E-state index in [9.17, 15) is 4.79 Å². The molecule has 0 bridgehead atoms. The van der Waals surface area contributed by atoms with Gasteiger partial charge >= 0.3 is 0 Å².